The second kappa shape index (κ2) is 9.98. The Morgan fingerprint density at radius 2 is 2.20 bits per heavy atom. The van der Waals surface area contributed by atoms with E-state index in [-0.39, 0.29) is 11.9 Å². The molecule has 5 nitrogen and oxygen atoms in total. The molecule has 0 aliphatic heterocycles. The quantitative estimate of drug-likeness (QED) is 0.556. The molecule has 0 spiro atoms. The highest BCUT2D eigenvalue weighted by Gasteiger charge is 2.10. The highest BCUT2D eigenvalue weighted by atomic mass is 32.1. The summed E-state index contributed by atoms with van der Waals surface area (Å²) in [5.74, 6) is 0.958. The number of guanidine groups is 1. The van der Waals surface area contributed by atoms with E-state index in [2.05, 4.69) is 20.6 Å². The van der Waals surface area contributed by atoms with Crippen LogP contribution in [0.3, 0.4) is 0 Å². The third kappa shape index (κ3) is 6.70. The maximum atomic E-state index is 13.3. The lowest BCUT2D eigenvalue weighted by Gasteiger charge is -2.20. The minimum absolute atomic E-state index is 0.0761. The van der Waals surface area contributed by atoms with Gasteiger partial charge in [0.15, 0.2) is 5.96 Å². The average molecular weight is 364 g/mol. The van der Waals surface area contributed by atoms with Crippen LogP contribution in [0.5, 0.6) is 5.75 Å². The molecule has 0 bridgehead atoms. The number of aromatic nitrogens is 1. The van der Waals surface area contributed by atoms with Gasteiger partial charge in [-0.1, -0.05) is 13.0 Å². The standard InChI is InChI=1S/C18H25FN4OS/c1-4-15(24-16-8-6-7-14(19)9-16)11-22-18(20-5-2)23-12-17-21-10-13(3)25-17/h6-10,15H,4-5,11-12H2,1-3H3,(H2,20,22,23). The van der Waals surface area contributed by atoms with Gasteiger partial charge in [0, 0.05) is 23.7 Å². The molecule has 1 unspecified atom stereocenters. The number of hydrogen-bond acceptors (Lipinski definition) is 4. The molecule has 25 heavy (non-hydrogen) atoms. The highest BCUT2D eigenvalue weighted by molar-refractivity contribution is 7.11. The topological polar surface area (TPSA) is 58.5 Å². The van der Waals surface area contributed by atoms with Gasteiger partial charge in [0.1, 0.15) is 22.7 Å². The molecular formula is C18H25FN4OS. The van der Waals surface area contributed by atoms with Gasteiger partial charge < -0.3 is 15.4 Å². The van der Waals surface area contributed by atoms with Crippen LogP contribution in [0.4, 0.5) is 4.39 Å². The molecule has 2 rings (SSSR count). The van der Waals surface area contributed by atoms with Crippen molar-refractivity contribution >= 4 is 17.3 Å². The predicted octanol–water partition coefficient (Wildman–Crippen LogP) is 3.50. The molecule has 0 fully saturated rings. The van der Waals surface area contributed by atoms with Gasteiger partial charge in [-0.25, -0.2) is 14.4 Å². The number of nitrogens with one attached hydrogen (secondary N) is 2. The Kier molecular flexibility index (Phi) is 7.66. The Bertz CT molecular complexity index is 689. The van der Waals surface area contributed by atoms with Gasteiger partial charge in [-0.2, -0.15) is 0 Å². The lowest BCUT2D eigenvalue weighted by Crippen LogP contribution is -2.42. The molecule has 0 amide bonds. The number of aliphatic imine (C=N–C) groups is 1. The van der Waals surface area contributed by atoms with Crippen LogP contribution in [0, 0.1) is 12.7 Å². The van der Waals surface area contributed by atoms with Crippen LogP contribution in [0.25, 0.3) is 0 Å². The third-order valence-electron chi connectivity index (χ3n) is 3.44. The van der Waals surface area contributed by atoms with Crippen molar-refractivity contribution in [2.75, 3.05) is 13.1 Å². The Labute approximate surface area is 152 Å². The molecule has 2 aromatic rings. The second-order valence-corrected chi connectivity index (χ2v) is 6.87. The molecule has 136 valence electrons. The minimum atomic E-state index is -0.297. The van der Waals surface area contributed by atoms with Crippen LogP contribution in [-0.2, 0) is 6.54 Å². The van der Waals surface area contributed by atoms with Crippen molar-refractivity contribution in [3.05, 3.63) is 46.2 Å². The number of hydrogen-bond donors (Lipinski definition) is 2. The fraction of sp³-hybridized carbons (Fsp3) is 0.444. The first-order valence-electron chi connectivity index (χ1n) is 8.46. The van der Waals surface area contributed by atoms with Crippen molar-refractivity contribution in [1.29, 1.82) is 0 Å². The van der Waals surface area contributed by atoms with Crippen molar-refractivity contribution in [3.63, 3.8) is 0 Å². The number of benzene rings is 1. The summed E-state index contributed by atoms with van der Waals surface area (Å²) in [6, 6.07) is 6.21. The summed E-state index contributed by atoms with van der Waals surface area (Å²) in [5.41, 5.74) is 0. The maximum Gasteiger partial charge on any atom is 0.191 e. The molecule has 1 aromatic carbocycles. The van der Waals surface area contributed by atoms with Gasteiger partial charge in [0.2, 0.25) is 0 Å². The zero-order valence-corrected chi connectivity index (χ0v) is 15.7. The molecule has 7 heteroatoms. The first-order valence-corrected chi connectivity index (χ1v) is 9.28. The van der Waals surface area contributed by atoms with E-state index in [0.29, 0.717) is 18.8 Å². The molecule has 0 saturated carbocycles. The first kappa shape index (κ1) is 19.2. The molecule has 1 heterocycles. The van der Waals surface area contributed by atoms with E-state index in [9.17, 15) is 4.39 Å². The Hall–Kier alpha value is -2.15. The van der Waals surface area contributed by atoms with Gasteiger partial charge in [-0.15, -0.1) is 11.3 Å². The summed E-state index contributed by atoms with van der Waals surface area (Å²) in [4.78, 5) is 10.0. The van der Waals surface area contributed by atoms with Crippen LogP contribution >= 0.6 is 11.3 Å². The van der Waals surface area contributed by atoms with E-state index in [1.807, 2.05) is 27.0 Å². The molecular weight excluding hydrogens is 339 g/mol. The zero-order chi connectivity index (χ0) is 18.1. The van der Waals surface area contributed by atoms with E-state index in [1.165, 1.54) is 17.0 Å². The van der Waals surface area contributed by atoms with E-state index >= 15 is 0 Å². The number of thiazole rings is 1. The van der Waals surface area contributed by atoms with E-state index in [4.69, 9.17) is 4.74 Å². The lowest BCUT2D eigenvalue weighted by atomic mass is 10.2. The van der Waals surface area contributed by atoms with Crippen LogP contribution in [0.1, 0.15) is 30.2 Å². The van der Waals surface area contributed by atoms with Crippen molar-refractivity contribution in [1.82, 2.24) is 15.6 Å². The first-order chi connectivity index (χ1) is 12.1. The number of ether oxygens (including phenoxy) is 1. The fourth-order valence-electron chi connectivity index (χ4n) is 2.18. The second-order valence-electron chi connectivity index (χ2n) is 5.55. The average Bonchev–Trinajstić information content (AvgIpc) is 3.01. The van der Waals surface area contributed by atoms with Crippen LogP contribution in [0.15, 0.2) is 35.5 Å². The van der Waals surface area contributed by atoms with Crippen molar-refractivity contribution in [2.45, 2.75) is 39.8 Å². The molecule has 0 saturated heterocycles. The van der Waals surface area contributed by atoms with E-state index in [0.717, 1.165) is 23.9 Å². The minimum Gasteiger partial charge on any atom is -0.489 e. The summed E-state index contributed by atoms with van der Waals surface area (Å²) >= 11 is 1.65. The van der Waals surface area contributed by atoms with Crippen LogP contribution in [-0.4, -0.2) is 30.1 Å². The summed E-state index contributed by atoms with van der Waals surface area (Å²) in [6.07, 6.45) is 2.58. The molecule has 1 aromatic heterocycles. The zero-order valence-electron chi connectivity index (χ0n) is 14.9. The normalized spacial score (nSPS) is 12.7. The Morgan fingerprint density at radius 1 is 1.36 bits per heavy atom. The Morgan fingerprint density at radius 3 is 2.84 bits per heavy atom. The Balaban J connectivity index is 1.91. The smallest absolute Gasteiger partial charge is 0.191 e. The predicted molar refractivity (Wildman–Crippen MR) is 101 cm³/mol. The van der Waals surface area contributed by atoms with Gasteiger partial charge in [-0.3, -0.25) is 0 Å². The summed E-state index contributed by atoms with van der Waals surface area (Å²) in [5, 5.41) is 7.48. The summed E-state index contributed by atoms with van der Waals surface area (Å²) < 4.78 is 19.1. The summed E-state index contributed by atoms with van der Waals surface area (Å²) in [7, 11) is 0. The van der Waals surface area contributed by atoms with Gasteiger partial charge in [0.05, 0.1) is 13.1 Å². The van der Waals surface area contributed by atoms with E-state index < -0.39 is 0 Å². The van der Waals surface area contributed by atoms with Crippen LogP contribution < -0.4 is 15.4 Å². The third-order valence-corrected chi connectivity index (χ3v) is 4.33. The molecule has 0 radical (unpaired) electrons. The van der Waals surface area contributed by atoms with Crippen molar-refractivity contribution in [3.8, 4) is 5.75 Å². The monoisotopic (exact) mass is 364 g/mol. The number of halogens is 1. The van der Waals surface area contributed by atoms with Gasteiger partial charge in [-0.05, 0) is 32.4 Å². The van der Waals surface area contributed by atoms with Crippen molar-refractivity contribution in [2.24, 2.45) is 4.99 Å². The number of rotatable bonds is 8. The van der Waals surface area contributed by atoms with E-state index in [1.54, 1.807) is 23.5 Å². The van der Waals surface area contributed by atoms with Crippen LogP contribution in [0.2, 0.25) is 0 Å². The maximum absolute atomic E-state index is 13.3. The number of nitrogens with zero attached hydrogens (tertiary/aromatic N) is 2. The lowest BCUT2D eigenvalue weighted by molar-refractivity contribution is 0.198. The number of aryl methyl sites for hydroxylation is 1. The molecule has 1 atom stereocenters. The summed E-state index contributed by atoms with van der Waals surface area (Å²) in [6.45, 7) is 7.97. The molecule has 0 aliphatic carbocycles. The molecule has 2 N–H and O–H groups in total. The van der Waals surface area contributed by atoms with Gasteiger partial charge >= 0.3 is 0 Å². The fourth-order valence-corrected chi connectivity index (χ4v) is 2.89. The van der Waals surface area contributed by atoms with Crippen molar-refractivity contribution < 1.29 is 9.13 Å². The van der Waals surface area contributed by atoms with Gasteiger partial charge in [0.25, 0.3) is 0 Å². The largest absolute Gasteiger partial charge is 0.489 e. The highest BCUT2D eigenvalue weighted by Crippen LogP contribution is 2.15. The SMILES string of the molecule is CCNC(=NCc1ncc(C)s1)NCC(CC)Oc1cccc(F)c1. The molecule has 0 aliphatic rings.